The second-order valence-corrected chi connectivity index (χ2v) is 8.68. The van der Waals surface area contributed by atoms with Crippen LogP contribution in [0.15, 0.2) is 30.6 Å². The monoisotopic (exact) mass is 456 g/mol. The van der Waals surface area contributed by atoms with E-state index in [9.17, 15) is 4.79 Å². The van der Waals surface area contributed by atoms with Crippen LogP contribution in [0, 0.1) is 12.8 Å². The molecule has 1 aromatic carbocycles. The number of aromatic nitrogens is 2. The predicted octanol–water partition coefficient (Wildman–Crippen LogP) is 2.51. The highest BCUT2D eigenvalue weighted by atomic mass is 16.5. The number of nitrogens with one attached hydrogen (secondary N) is 1. The molecule has 0 atom stereocenters. The molecule has 1 saturated heterocycles. The van der Waals surface area contributed by atoms with Crippen LogP contribution in [0.5, 0.6) is 5.75 Å². The lowest BCUT2D eigenvalue weighted by atomic mass is 9.92. The molecule has 0 aliphatic carbocycles. The minimum absolute atomic E-state index is 0.304. The Morgan fingerprint density at radius 2 is 1.91 bits per heavy atom. The van der Waals surface area contributed by atoms with Crippen LogP contribution in [-0.4, -0.2) is 65.0 Å². The van der Waals surface area contributed by atoms with E-state index in [-0.39, 0.29) is 19.1 Å². The Morgan fingerprint density at radius 3 is 2.52 bits per heavy atom. The van der Waals surface area contributed by atoms with Gasteiger partial charge in [-0.3, -0.25) is 4.79 Å². The van der Waals surface area contributed by atoms with E-state index >= 15 is 0 Å². The van der Waals surface area contributed by atoms with Gasteiger partial charge >= 0.3 is 0 Å². The van der Waals surface area contributed by atoms with Crippen molar-refractivity contribution in [1.29, 1.82) is 0 Å². The number of rotatable bonds is 11. The first-order valence-electron chi connectivity index (χ1n) is 11.9. The highest BCUT2D eigenvalue weighted by molar-refractivity contribution is 5.96. The van der Waals surface area contributed by atoms with Gasteiger partial charge < -0.3 is 25.2 Å². The first-order chi connectivity index (χ1) is 16.0. The molecular formula is C25H36N4O4. The molecule has 8 heteroatoms. The Morgan fingerprint density at radius 1 is 1.21 bits per heavy atom. The van der Waals surface area contributed by atoms with Gasteiger partial charge in [0.15, 0.2) is 0 Å². The molecule has 3 rings (SSSR count). The summed E-state index contributed by atoms with van der Waals surface area (Å²) >= 11 is 0. The first kappa shape index (κ1) is 24.9. The van der Waals surface area contributed by atoms with Crippen LogP contribution in [0.25, 0.3) is 0 Å². The van der Waals surface area contributed by atoms with Crippen molar-refractivity contribution in [1.82, 2.24) is 15.3 Å². The molecule has 0 saturated carbocycles. The van der Waals surface area contributed by atoms with E-state index in [0.29, 0.717) is 18.1 Å². The zero-order valence-corrected chi connectivity index (χ0v) is 19.7. The van der Waals surface area contributed by atoms with E-state index in [4.69, 9.17) is 14.9 Å². The molecule has 33 heavy (non-hydrogen) atoms. The molecule has 1 aromatic heterocycles. The van der Waals surface area contributed by atoms with E-state index < -0.39 is 6.04 Å². The standard InChI is InChI=1S/C25H36N4O4/c1-3-19-14-26-25(27-15-19)29-10-8-20(9-11-29)5-4-12-33-22-6-7-23(18(2)13-22)24(32)28-21(16-30)17-31/h6-7,13-15,20-21,30-31H,3-5,8-12,16-17H2,1-2H3,(H,28,32). The number of carbonyl (C=O) groups is 1. The lowest BCUT2D eigenvalue weighted by molar-refractivity contribution is 0.0878. The molecule has 0 unspecified atom stereocenters. The summed E-state index contributed by atoms with van der Waals surface area (Å²) in [6.45, 7) is 5.98. The molecule has 1 fully saturated rings. The normalized spacial score (nSPS) is 14.5. The number of anilines is 1. The van der Waals surface area contributed by atoms with Gasteiger partial charge in [0.2, 0.25) is 5.95 Å². The van der Waals surface area contributed by atoms with Gasteiger partial charge in [-0.05, 0) is 74.3 Å². The summed E-state index contributed by atoms with van der Waals surface area (Å²) in [6.07, 6.45) is 9.21. The lowest BCUT2D eigenvalue weighted by Crippen LogP contribution is -2.40. The lowest BCUT2D eigenvalue weighted by Gasteiger charge is -2.32. The number of nitrogens with zero attached hydrogens (tertiary/aromatic N) is 3. The van der Waals surface area contributed by atoms with Crippen LogP contribution >= 0.6 is 0 Å². The Labute approximate surface area is 196 Å². The van der Waals surface area contributed by atoms with Gasteiger partial charge in [0, 0.05) is 31.0 Å². The summed E-state index contributed by atoms with van der Waals surface area (Å²) in [5, 5.41) is 20.9. The number of carbonyl (C=O) groups excluding carboxylic acids is 1. The van der Waals surface area contributed by atoms with Gasteiger partial charge in [-0.25, -0.2) is 9.97 Å². The number of piperidine rings is 1. The minimum atomic E-state index is -0.658. The number of hydrogen-bond donors (Lipinski definition) is 3. The maximum Gasteiger partial charge on any atom is 0.251 e. The molecule has 1 amide bonds. The van der Waals surface area contributed by atoms with E-state index in [1.807, 2.05) is 25.4 Å². The summed E-state index contributed by atoms with van der Waals surface area (Å²) in [5.74, 6) is 1.96. The molecule has 2 aromatic rings. The molecule has 3 N–H and O–H groups in total. The summed E-state index contributed by atoms with van der Waals surface area (Å²) in [6, 6.07) is 4.70. The fourth-order valence-electron chi connectivity index (χ4n) is 4.07. The summed E-state index contributed by atoms with van der Waals surface area (Å²) in [5.41, 5.74) is 2.47. The largest absolute Gasteiger partial charge is 0.494 e. The van der Waals surface area contributed by atoms with Gasteiger partial charge in [-0.2, -0.15) is 0 Å². The third kappa shape index (κ3) is 7.14. The van der Waals surface area contributed by atoms with Crippen molar-refractivity contribution < 1.29 is 19.7 Å². The van der Waals surface area contributed by atoms with E-state index in [1.165, 1.54) is 5.56 Å². The number of amides is 1. The molecule has 0 spiro atoms. The second-order valence-electron chi connectivity index (χ2n) is 8.68. The Balaban J connectivity index is 1.38. The first-order valence-corrected chi connectivity index (χ1v) is 11.9. The van der Waals surface area contributed by atoms with Crippen molar-refractivity contribution in [3.8, 4) is 5.75 Å². The molecule has 0 radical (unpaired) electrons. The number of aliphatic hydroxyl groups is 2. The average molecular weight is 457 g/mol. The summed E-state index contributed by atoms with van der Waals surface area (Å²) < 4.78 is 5.91. The van der Waals surface area contributed by atoms with Crippen LogP contribution in [-0.2, 0) is 6.42 Å². The predicted molar refractivity (Wildman–Crippen MR) is 128 cm³/mol. The van der Waals surface area contributed by atoms with Gasteiger partial charge in [0.25, 0.3) is 5.91 Å². The Bertz CT molecular complexity index is 878. The third-order valence-corrected chi connectivity index (χ3v) is 6.24. The maximum absolute atomic E-state index is 12.3. The fraction of sp³-hybridized carbons (Fsp3) is 0.560. The molecular weight excluding hydrogens is 420 g/mol. The number of aryl methyl sites for hydroxylation is 2. The topological polar surface area (TPSA) is 108 Å². The van der Waals surface area contributed by atoms with Gasteiger partial charge in [-0.1, -0.05) is 6.92 Å². The molecule has 2 heterocycles. The molecule has 8 nitrogen and oxygen atoms in total. The van der Waals surface area contributed by atoms with E-state index in [0.717, 1.165) is 62.5 Å². The van der Waals surface area contributed by atoms with Gasteiger partial charge in [0.05, 0.1) is 25.9 Å². The quantitative estimate of drug-likeness (QED) is 0.446. The summed E-state index contributed by atoms with van der Waals surface area (Å²) in [4.78, 5) is 23.6. The van der Waals surface area contributed by atoms with Crippen molar-refractivity contribution in [2.24, 2.45) is 5.92 Å². The Hall–Kier alpha value is -2.71. The fourth-order valence-corrected chi connectivity index (χ4v) is 4.07. The van der Waals surface area contributed by atoms with Crippen molar-refractivity contribution >= 4 is 11.9 Å². The van der Waals surface area contributed by atoms with E-state index in [2.05, 4.69) is 27.1 Å². The van der Waals surface area contributed by atoms with Gasteiger partial charge in [0.1, 0.15) is 5.75 Å². The number of benzene rings is 1. The van der Waals surface area contributed by atoms with E-state index in [1.54, 1.807) is 12.1 Å². The third-order valence-electron chi connectivity index (χ3n) is 6.24. The highest BCUT2D eigenvalue weighted by Crippen LogP contribution is 2.25. The zero-order valence-electron chi connectivity index (χ0n) is 19.7. The van der Waals surface area contributed by atoms with Crippen molar-refractivity contribution in [3.63, 3.8) is 0 Å². The van der Waals surface area contributed by atoms with Crippen molar-refractivity contribution in [3.05, 3.63) is 47.3 Å². The molecule has 1 aliphatic rings. The highest BCUT2D eigenvalue weighted by Gasteiger charge is 2.21. The van der Waals surface area contributed by atoms with Crippen LogP contribution in [0.3, 0.4) is 0 Å². The SMILES string of the molecule is CCc1cnc(N2CCC(CCCOc3ccc(C(=O)NC(CO)CO)c(C)c3)CC2)nc1. The Kier molecular flexibility index (Phi) is 9.45. The van der Waals surface area contributed by atoms with Crippen LogP contribution in [0.1, 0.15) is 54.1 Å². The molecule has 0 bridgehead atoms. The zero-order chi connectivity index (χ0) is 23.6. The summed E-state index contributed by atoms with van der Waals surface area (Å²) in [7, 11) is 0. The number of ether oxygens (including phenoxy) is 1. The number of hydrogen-bond acceptors (Lipinski definition) is 7. The van der Waals surface area contributed by atoms with Crippen molar-refractivity contribution in [2.75, 3.05) is 37.8 Å². The van der Waals surface area contributed by atoms with Crippen LogP contribution in [0.4, 0.5) is 5.95 Å². The van der Waals surface area contributed by atoms with Crippen LogP contribution < -0.4 is 15.0 Å². The second kappa shape index (κ2) is 12.5. The minimum Gasteiger partial charge on any atom is -0.494 e. The smallest absolute Gasteiger partial charge is 0.251 e. The molecule has 180 valence electrons. The maximum atomic E-state index is 12.3. The molecule has 1 aliphatic heterocycles. The number of aliphatic hydroxyl groups excluding tert-OH is 2. The van der Waals surface area contributed by atoms with Crippen molar-refractivity contribution in [2.45, 2.75) is 52.0 Å². The van der Waals surface area contributed by atoms with Crippen LogP contribution in [0.2, 0.25) is 0 Å². The van der Waals surface area contributed by atoms with Gasteiger partial charge in [-0.15, -0.1) is 0 Å². The average Bonchev–Trinajstić information content (AvgIpc) is 2.85.